The van der Waals surface area contributed by atoms with Crippen molar-refractivity contribution in [2.24, 2.45) is 11.8 Å². The first-order valence-electron chi connectivity index (χ1n) is 15.5. The number of benzene rings is 2. The summed E-state index contributed by atoms with van der Waals surface area (Å²) in [7, 11) is 0. The molecule has 0 radical (unpaired) electrons. The molecule has 4 aliphatic heterocycles. The van der Waals surface area contributed by atoms with Gasteiger partial charge >= 0.3 is 5.97 Å². The Balaban J connectivity index is 1.46. The van der Waals surface area contributed by atoms with E-state index in [0.717, 1.165) is 16.7 Å². The maximum atomic E-state index is 14.9. The molecule has 0 aromatic heterocycles. The highest BCUT2D eigenvalue weighted by Gasteiger charge is 2.73. The molecule has 2 fully saturated rings. The van der Waals surface area contributed by atoms with Crippen LogP contribution in [-0.2, 0) is 28.7 Å². The van der Waals surface area contributed by atoms with Gasteiger partial charge in [0.25, 0.3) is 5.91 Å². The number of nitrogens with one attached hydrogen (secondary N) is 1. The lowest BCUT2D eigenvalue weighted by Crippen LogP contribution is -2.58. The number of carbonyl (C=O) groups is 4. The van der Waals surface area contributed by atoms with Crippen LogP contribution in [0.25, 0.3) is 0 Å². The number of fused-ring (bicyclic) bond motifs is 2. The van der Waals surface area contributed by atoms with Gasteiger partial charge in [-0.25, -0.2) is 0 Å². The number of aryl methyl sites for hydroxylation is 2. The van der Waals surface area contributed by atoms with Crippen LogP contribution in [0, 0.1) is 25.7 Å². The van der Waals surface area contributed by atoms with E-state index in [4.69, 9.17) is 9.47 Å². The summed E-state index contributed by atoms with van der Waals surface area (Å²) in [6.07, 6.45) is 6.99. The topological polar surface area (TPSA) is 125 Å². The highest BCUT2D eigenvalue weighted by Crippen LogP contribution is 2.56. The van der Waals surface area contributed by atoms with Crippen molar-refractivity contribution >= 4 is 29.4 Å². The number of anilines is 1. The molecule has 2 saturated heterocycles. The molecular formula is C35H39N3O7. The molecule has 7 atom stereocenters. The third kappa shape index (κ3) is 5.36. The number of amides is 3. The molecular weight excluding hydrogens is 574 g/mol. The van der Waals surface area contributed by atoms with Crippen molar-refractivity contribution in [1.82, 2.24) is 10.2 Å². The van der Waals surface area contributed by atoms with Crippen molar-refractivity contribution in [2.45, 2.75) is 63.4 Å². The first kappa shape index (κ1) is 30.7. The van der Waals surface area contributed by atoms with Gasteiger partial charge in [-0.1, -0.05) is 66.8 Å². The van der Waals surface area contributed by atoms with E-state index in [1.165, 1.54) is 4.90 Å². The van der Waals surface area contributed by atoms with Crippen LogP contribution in [-0.4, -0.2) is 77.2 Å². The Labute approximate surface area is 262 Å². The van der Waals surface area contributed by atoms with Gasteiger partial charge in [0.15, 0.2) is 0 Å². The number of aliphatic hydroxyl groups excluding tert-OH is 1. The standard InChI is InChI=1S/C35H39N3O7/c1-21-13-14-22(2)26(18-21)37-17-9-5-8-12-28(40)44-20-25(24-10-6-4-7-11-24)36-32(41)29-27-15-16-35(45-27)30(29)33(42)38(23(3)19-39)31(35)34(37)43/h4-7,9-11,13-16,18,23,25,27,29-31,39H,8,12,17,19-20H2,1-3H3,(H,36,41)/b9-5-/t23-,25+,27+,29-,30-,31+,35-/m1/s1. The fourth-order valence-corrected chi connectivity index (χ4v) is 7.14. The predicted octanol–water partition coefficient (Wildman–Crippen LogP) is 2.92. The van der Waals surface area contributed by atoms with Crippen LogP contribution in [0.1, 0.15) is 42.5 Å². The SMILES string of the molecule is Cc1ccc(C)c(N2C/C=C\CCC(=O)OC[C@@H](c3ccccc3)NC(=O)[C@@H]3[C@@H]4C=C[C@]5(O4)[C@H](C2=O)N([C@H](C)CO)C(=O)[C@@H]35)c1. The van der Waals surface area contributed by atoms with Gasteiger partial charge in [-0.05, 0) is 49.9 Å². The Kier molecular flexibility index (Phi) is 8.37. The van der Waals surface area contributed by atoms with Crippen LogP contribution < -0.4 is 10.2 Å². The largest absolute Gasteiger partial charge is 0.463 e. The van der Waals surface area contributed by atoms with Crippen molar-refractivity contribution < 1.29 is 33.8 Å². The quantitative estimate of drug-likeness (QED) is 0.401. The van der Waals surface area contributed by atoms with Gasteiger partial charge in [0.2, 0.25) is 11.8 Å². The molecule has 2 N–H and O–H groups in total. The predicted molar refractivity (Wildman–Crippen MR) is 166 cm³/mol. The Morgan fingerprint density at radius 1 is 1.04 bits per heavy atom. The second-order valence-corrected chi connectivity index (χ2v) is 12.4. The minimum absolute atomic E-state index is 0.0780. The number of ether oxygens (including phenoxy) is 2. The van der Waals surface area contributed by atoms with Crippen LogP contribution in [0.3, 0.4) is 0 Å². The number of esters is 1. The molecule has 3 amide bonds. The molecule has 0 aliphatic carbocycles. The van der Waals surface area contributed by atoms with Gasteiger partial charge < -0.3 is 29.7 Å². The normalized spacial score (nSPS) is 31.5. The van der Waals surface area contributed by atoms with Gasteiger partial charge in [0.05, 0.1) is 36.6 Å². The molecule has 4 aliphatic rings. The van der Waals surface area contributed by atoms with E-state index in [0.29, 0.717) is 12.1 Å². The Morgan fingerprint density at radius 2 is 1.82 bits per heavy atom. The lowest BCUT2D eigenvalue weighted by atomic mass is 9.74. The first-order valence-corrected chi connectivity index (χ1v) is 15.5. The molecule has 10 nitrogen and oxygen atoms in total. The van der Waals surface area contributed by atoms with Crippen LogP contribution in [0.5, 0.6) is 0 Å². The van der Waals surface area contributed by atoms with Gasteiger partial charge in [-0.2, -0.15) is 0 Å². The molecule has 45 heavy (non-hydrogen) atoms. The average molecular weight is 614 g/mol. The number of nitrogens with zero attached hydrogens (tertiary/aromatic N) is 2. The van der Waals surface area contributed by atoms with Crippen LogP contribution in [0.15, 0.2) is 72.8 Å². The Morgan fingerprint density at radius 3 is 2.58 bits per heavy atom. The van der Waals surface area contributed by atoms with E-state index in [-0.39, 0.29) is 32.1 Å². The lowest BCUT2D eigenvalue weighted by Gasteiger charge is -2.38. The van der Waals surface area contributed by atoms with Crippen molar-refractivity contribution in [3.8, 4) is 0 Å². The van der Waals surface area contributed by atoms with Crippen LogP contribution in [0.2, 0.25) is 0 Å². The van der Waals surface area contributed by atoms with E-state index in [1.807, 2.05) is 74.5 Å². The molecule has 4 heterocycles. The molecule has 6 rings (SSSR count). The van der Waals surface area contributed by atoms with Gasteiger partial charge in [0.1, 0.15) is 18.2 Å². The summed E-state index contributed by atoms with van der Waals surface area (Å²) in [5, 5.41) is 13.3. The van der Waals surface area contributed by atoms with Crippen molar-refractivity contribution in [3.05, 3.63) is 89.5 Å². The third-order valence-corrected chi connectivity index (χ3v) is 9.41. The van der Waals surface area contributed by atoms with E-state index in [2.05, 4.69) is 5.32 Å². The van der Waals surface area contributed by atoms with Crippen LogP contribution >= 0.6 is 0 Å². The molecule has 5 bridgehead atoms. The Hall–Kier alpha value is -4.28. The monoisotopic (exact) mass is 613 g/mol. The minimum Gasteiger partial charge on any atom is -0.463 e. The molecule has 2 aromatic carbocycles. The summed E-state index contributed by atoms with van der Waals surface area (Å²) in [5.41, 5.74) is 1.86. The zero-order valence-electron chi connectivity index (χ0n) is 25.7. The molecule has 0 saturated carbocycles. The lowest BCUT2D eigenvalue weighted by molar-refractivity contribution is -0.146. The first-order chi connectivity index (χ1) is 21.7. The van der Waals surface area contributed by atoms with E-state index in [1.54, 1.807) is 24.0 Å². The van der Waals surface area contributed by atoms with Crippen LogP contribution in [0.4, 0.5) is 5.69 Å². The number of hydrogen-bond donors (Lipinski definition) is 2. The Bertz CT molecular complexity index is 1560. The van der Waals surface area contributed by atoms with E-state index < -0.39 is 59.5 Å². The zero-order chi connectivity index (χ0) is 31.9. The van der Waals surface area contributed by atoms with E-state index in [9.17, 15) is 24.3 Å². The number of carbonyl (C=O) groups excluding carboxylic acids is 4. The summed E-state index contributed by atoms with van der Waals surface area (Å²) < 4.78 is 12.1. The number of hydrogen-bond acceptors (Lipinski definition) is 7. The summed E-state index contributed by atoms with van der Waals surface area (Å²) in [4.78, 5) is 59.0. The highest BCUT2D eigenvalue weighted by atomic mass is 16.5. The van der Waals surface area contributed by atoms with Crippen molar-refractivity contribution in [1.29, 1.82) is 0 Å². The average Bonchev–Trinajstić information content (AvgIpc) is 3.69. The summed E-state index contributed by atoms with van der Waals surface area (Å²) in [6, 6.07) is 12.6. The molecule has 1 spiro atoms. The highest BCUT2D eigenvalue weighted by molar-refractivity contribution is 6.06. The summed E-state index contributed by atoms with van der Waals surface area (Å²) >= 11 is 0. The molecule has 236 valence electrons. The molecule has 10 heteroatoms. The second-order valence-electron chi connectivity index (χ2n) is 12.4. The molecule has 0 unspecified atom stereocenters. The minimum atomic E-state index is -1.40. The second kappa shape index (κ2) is 12.3. The fourth-order valence-electron chi connectivity index (χ4n) is 7.14. The van der Waals surface area contributed by atoms with Gasteiger partial charge in [-0.3, -0.25) is 19.2 Å². The smallest absolute Gasteiger partial charge is 0.306 e. The molecule has 2 aromatic rings. The summed E-state index contributed by atoms with van der Waals surface area (Å²) in [5.74, 6) is -3.54. The summed E-state index contributed by atoms with van der Waals surface area (Å²) in [6.45, 7) is 5.28. The van der Waals surface area contributed by atoms with Crippen molar-refractivity contribution in [2.75, 3.05) is 24.7 Å². The maximum absolute atomic E-state index is 14.9. The van der Waals surface area contributed by atoms with Gasteiger partial charge in [-0.15, -0.1) is 0 Å². The van der Waals surface area contributed by atoms with Gasteiger partial charge in [0, 0.05) is 18.7 Å². The number of cyclic esters (lactones) is 1. The van der Waals surface area contributed by atoms with Crippen molar-refractivity contribution in [3.63, 3.8) is 0 Å². The fraction of sp³-hybridized carbons (Fsp3) is 0.429. The number of likely N-dealkylation sites (tertiary alicyclic amines) is 1. The van der Waals surface area contributed by atoms with E-state index >= 15 is 0 Å². The maximum Gasteiger partial charge on any atom is 0.306 e. The number of aliphatic hydroxyl groups is 1. The third-order valence-electron chi connectivity index (χ3n) is 9.41. The number of allylic oxidation sites excluding steroid dienone is 1. The zero-order valence-corrected chi connectivity index (χ0v) is 25.7. The number of rotatable bonds is 4.